The maximum Gasteiger partial charge on any atom is 0.147 e. The molecule has 1 saturated heterocycles. The Hall–Kier alpha value is -1.16. The monoisotopic (exact) mass is 262 g/mol. The quantitative estimate of drug-likeness (QED) is 0.905. The molecule has 1 N–H and O–H groups in total. The highest BCUT2D eigenvalue weighted by atomic mass is 15.2. The van der Waals surface area contributed by atoms with Crippen molar-refractivity contribution in [3.8, 4) is 0 Å². The van der Waals surface area contributed by atoms with E-state index in [0.29, 0.717) is 6.04 Å². The van der Waals surface area contributed by atoms with Crippen molar-refractivity contribution in [3.05, 3.63) is 18.1 Å². The highest BCUT2D eigenvalue weighted by Gasteiger charge is 2.23. The van der Waals surface area contributed by atoms with Crippen LogP contribution in [0.25, 0.3) is 0 Å². The molecule has 2 heterocycles. The van der Waals surface area contributed by atoms with E-state index in [0.717, 1.165) is 43.0 Å². The van der Waals surface area contributed by atoms with Gasteiger partial charge in [-0.05, 0) is 18.3 Å². The van der Waals surface area contributed by atoms with Crippen LogP contribution in [-0.4, -0.2) is 29.1 Å². The predicted octanol–water partition coefficient (Wildman–Crippen LogP) is 2.46. The average molecular weight is 262 g/mol. The van der Waals surface area contributed by atoms with Gasteiger partial charge in [0, 0.05) is 25.7 Å². The van der Waals surface area contributed by atoms with Gasteiger partial charge in [-0.1, -0.05) is 27.7 Å². The normalized spacial score (nSPS) is 23.9. The van der Waals surface area contributed by atoms with Crippen molar-refractivity contribution in [2.45, 2.75) is 46.7 Å². The van der Waals surface area contributed by atoms with E-state index < -0.39 is 0 Å². The number of anilines is 1. The summed E-state index contributed by atoms with van der Waals surface area (Å²) in [5, 5.41) is 3.36. The number of nitrogens with zero attached hydrogens (tertiary/aromatic N) is 3. The number of hydrogen-bond donors (Lipinski definition) is 1. The van der Waals surface area contributed by atoms with Gasteiger partial charge in [0.2, 0.25) is 0 Å². The summed E-state index contributed by atoms with van der Waals surface area (Å²) >= 11 is 0. The Bertz CT molecular complexity index is 388. The Morgan fingerprint density at radius 3 is 2.63 bits per heavy atom. The lowest BCUT2D eigenvalue weighted by molar-refractivity contribution is 0.322. The third-order valence-electron chi connectivity index (χ3n) is 4.04. The zero-order chi connectivity index (χ0) is 13.8. The Labute approximate surface area is 116 Å². The number of hydrogen-bond acceptors (Lipinski definition) is 4. The number of aromatic nitrogens is 2. The van der Waals surface area contributed by atoms with Crippen LogP contribution in [0.1, 0.15) is 39.8 Å². The largest absolute Gasteiger partial charge is 0.355 e. The molecule has 0 radical (unpaired) electrons. The van der Waals surface area contributed by atoms with Crippen molar-refractivity contribution in [3.63, 3.8) is 0 Å². The molecular formula is C15H26N4. The summed E-state index contributed by atoms with van der Waals surface area (Å²) in [6.07, 6.45) is 5.06. The van der Waals surface area contributed by atoms with Crippen molar-refractivity contribution < 1.29 is 0 Å². The zero-order valence-corrected chi connectivity index (χ0v) is 12.6. The molecule has 0 spiro atoms. The third kappa shape index (κ3) is 3.90. The van der Waals surface area contributed by atoms with Crippen LogP contribution in [0.5, 0.6) is 0 Å². The molecule has 0 amide bonds. The smallest absolute Gasteiger partial charge is 0.147 e. The first-order valence-electron chi connectivity index (χ1n) is 7.35. The second-order valence-electron chi connectivity index (χ2n) is 6.09. The highest BCUT2D eigenvalue weighted by Crippen LogP contribution is 2.25. The van der Waals surface area contributed by atoms with E-state index in [1.165, 1.54) is 6.42 Å². The van der Waals surface area contributed by atoms with Crippen LogP contribution in [0.4, 0.5) is 5.82 Å². The number of piperidine rings is 1. The van der Waals surface area contributed by atoms with E-state index >= 15 is 0 Å². The van der Waals surface area contributed by atoms with Gasteiger partial charge in [-0.15, -0.1) is 0 Å². The van der Waals surface area contributed by atoms with Crippen LogP contribution in [0, 0.1) is 11.8 Å². The van der Waals surface area contributed by atoms with E-state index in [1.54, 1.807) is 0 Å². The van der Waals surface area contributed by atoms with E-state index in [2.05, 4.69) is 47.9 Å². The molecular weight excluding hydrogens is 236 g/mol. The lowest BCUT2D eigenvalue weighted by atomic mass is 9.89. The summed E-state index contributed by atoms with van der Waals surface area (Å²) in [5.74, 6) is 2.57. The molecule has 0 aromatic carbocycles. The standard InChI is InChI=1S/C15H26N4/c1-11(2)16-7-14-8-18-15(9-17-14)19-6-5-12(3)13(4)10-19/h8-9,11-13,16H,5-7,10H2,1-4H3. The van der Waals surface area contributed by atoms with Crippen LogP contribution >= 0.6 is 0 Å². The Balaban J connectivity index is 1.94. The molecule has 0 bridgehead atoms. The van der Waals surface area contributed by atoms with Crippen LogP contribution in [0.15, 0.2) is 12.4 Å². The molecule has 1 aliphatic rings. The molecule has 1 fully saturated rings. The maximum absolute atomic E-state index is 4.56. The third-order valence-corrected chi connectivity index (χ3v) is 4.04. The predicted molar refractivity (Wildman–Crippen MR) is 79.2 cm³/mol. The SMILES string of the molecule is CC(C)NCc1cnc(N2CCC(C)C(C)C2)cn1. The van der Waals surface area contributed by atoms with Crippen molar-refractivity contribution in [2.75, 3.05) is 18.0 Å². The Morgan fingerprint density at radius 1 is 1.26 bits per heavy atom. The first-order valence-corrected chi connectivity index (χ1v) is 7.35. The van der Waals surface area contributed by atoms with Gasteiger partial charge in [-0.3, -0.25) is 4.98 Å². The first kappa shape index (κ1) is 14.3. The molecule has 1 aliphatic heterocycles. The molecule has 4 heteroatoms. The second kappa shape index (κ2) is 6.33. The minimum Gasteiger partial charge on any atom is -0.355 e. The van der Waals surface area contributed by atoms with Gasteiger partial charge in [-0.25, -0.2) is 4.98 Å². The van der Waals surface area contributed by atoms with Gasteiger partial charge in [0.25, 0.3) is 0 Å². The van der Waals surface area contributed by atoms with Gasteiger partial charge in [0.15, 0.2) is 0 Å². The number of rotatable bonds is 4. The Morgan fingerprint density at radius 2 is 2.05 bits per heavy atom. The first-order chi connectivity index (χ1) is 9.06. The molecule has 19 heavy (non-hydrogen) atoms. The molecule has 2 unspecified atom stereocenters. The second-order valence-corrected chi connectivity index (χ2v) is 6.09. The van der Waals surface area contributed by atoms with E-state index in [4.69, 9.17) is 0 Å². The van der Waals surface area contributed by atoms with Gasteiger partial charge in [0.05, 0.1) is 18.1 Å². The Kier molecular flexibility index (Phi) is 4.75. The summed E-state index contributed by atoms with van der Waals surface area (Å²) in [7, 11) is 0. The summed E-state index contributed by atoms with van der Waals surface area (Å²) in [6, 6.07) is 0.478. The van der Waals surface area contributed by atoms with Crippen LogP contribution < -0.4 is 10.2 Å². The average Bonchev–Trinajstić information content (AvgIpc) is 2.40. The highest BCUT2D eigenvalue weighted by molar-refractivity contribution is 5.36. The number of nitrogens with one attached hydrogen (secondary N) is 1. The fourth-order valence-corrected chi connectivity index (χ4v) is 2.38. The molecule has 0 aliphatic carbocycles. The summed E-state index contributed by atoms with van der Waals surface area (Å²) in [4.78, 5) is 11.4. The van der Waals surface area contributed by atoms with Crippen LogP contribution in [-0.2, 0) is 6.54 Å². The van der Waals surface area contributed by atoms with Crippen LogP contribution in [0.3, 0.4) is 0 Å². The zero-order valence-electron chi connectivity index (χ0n) is 12.6. The van der Waals surface area contributed by atoms with Crippen LogP contribution in [0.2, 0.25) is 0 Å². The van der Waals surface area contributed by atoms with Gasteiger partial charge in [0.1, 0.15) is 5.82 Å². The van der Waals surface area contributed by atoms with Gasteiger partial charge >= 0.3 is 0 Å². The molecule has 4 nitrogen and oxygen atoms in total. The summed E-state index contributed by atoms with van der Waals surface area (Å²) < 4.78 is 0. The van der Waals surface area contributed by atoms with E-state index in [1.807, 2.05) is 12.4 Å². The van der Waals surface area contributed by atoms with E-state index in [-0.39, 0.29) is 0 Å². The fraction of sp³-hybridized carbons (Fsp3) is 0.733. The minimum atomic E-state index is 0.478. The van der Waals surface area contributed by atoms with E-state index in [9.17, 15) is 0 Å². The van der Waals surface area contributed by atoms with Crippen molar-refractivity contribution in [1.82, 2.24) is 15.3 Å². The lowest BCUT2D eigenvalue weighted by Crippen LogP contribution is -2.39. The van der Waals surface area contributed by atoms with Crippen molar-refractivity contribution >= 4 is 5.82 Å². The van der Waals surface area contributed by atoms with Crippen molar-refractivity contribution in [2.24, 2.45) is 11.8 Å². The topological polar surface area (TPSA) is 41.1 Å². The molecule has 2 atom stereocenters. The molecule has 1 aromatic rings. The lowest BCUT2D eigenvalue weighted by Gasteiger charge is -2.35. The minimum absolute atomic E-state index is 0.478. The summed E-state index contributed by atoms with van der Waals surface area (Å²) in [6.45, 7) is 11.9. The molecule has 1 aromatic heterocycles. The molecule has 2 rings (SSSR count). The van der Waals surface area contributed by atoms with Crippen molar-refractivity contribution in [1.29, 1.82) is 0 Å². The van der Waals surface area contributed by atoms with Gasteiger partial charge < -0.3 is 10.2 Å². The molecule has 106 valence electrons. The molecule has 0 saturated carbocycles. The summed E-state index contributed by atoms with van der Waals surface area (Å²) in [5.41, 5.74) is 1.01. The van der Waals surface area contributed by atoms with Gasteiger partial charge in [-0.2, -0.15) is 0 Å². The maximum atomic E-state index is 4.56. The fourth-order valence-electron chi connectivity index (χ4n) is 2.38.